The van der Waals surface area contributed by atoms with Crippen LogP contribution in [-0.2, 0) is 0 Å². The predicted octanol–water partition coefficient (Wildman–Crippen LogP) is -2.48. The highest BCUT2D eigenvalue weighted by atomic mass is 16.3. The maximum atomic E-state index is 8.74. The number of nitrogens with one attached hydrogen (secondary N) is 1. The molecule has 1 heterocycles. The van der Waals surface area contributed by atoms with Crippen LogP contribution in [0.25, 0.3) is 0 Å². The van der Waals surface area contributed by atoms with Gasteiger partial charge in [-0.2, -0.15) is 0 Å². The minimum atomic E-state index is 0.333. The van der Waals surface area contributed by atoms with Gasteiger partial charge in [0, 0.05) is 0 Å². The summed E-state index contributed by atoms with van der Waals surface area (Å²) in [5, 5.41) is 8.74. The van der Waals surface area contributed by atoms with Crippen molar-refractivity contribution in [3.05, 3.63) is 0 Å². The van der Waals surface area contributed by atoms with Gasteiger partial charge >= 0.3 is 0 Å². The fraction of sp³-hybridized carbons (Fsp3) is 1.00. The van der Waals surface area contributed by atoms with Gasteiger partial charge in [0.2, 0.25) is 0 Å². The molecule has 0 aromatic carbocycles. The van der Waals surface area contributed by atoms with Gasteiger partial charge in [-0.3, -0.25) is 0 Å². The molecule has 1 rings (SSSR count). The van der Waals surface area contributed by atoms with Crippen molar-refractivity contribution in [1.29, 1.82) is 0 Å². The smallest absolute Gasteiger partial charge is 0.101 e. The Kier molecular flexibility index (Phi) is 3.83. The van der Waals surface area contributed by atoms with Gasteiger partial charge in [0.1, 0.15) is 6.54 Å². The first-order chi connectivity index (χ1) is 5.36. The van der Waals surface area contributed by atoms with Gasteiger partial charge < -0.3 is 15.7 Å². The van der Waals surface area contributed by atoms with E-state index in [0.29, 0.717) is 6.61 Å². The zero-order valence-electron chi connectivity index (χ0n) is 7.18. The quantitative estimate of drug-likeness (QED) is 0.420. The lowest BCUT2D eigenvalue weighted by Gasteiger charge is -2.27. The maximum Gasteiger partial charge on any atom is 0.101 e. The highest BCUT2D eigenvalue weighted by Crippen LogP contribution is 2.03. The van der Waals surface area contributed by atoms with Crippen molar-refractivity contribution in [2.45, 2.75) is 12.8 Å². The Labute approximate surface area is 68.2 Å². The molecule has 1 saturated heterocycles. The Morgan fingerprint density at radius 1 is 1.55 bits per heavy atom. The lowest BCUT2D eigenvalue weighted by Crippen LogP contribution is -3.14. The monoisotopic (exact) mass is 160 g/mol. The van der Waals surface area contributed by atoms with Crippen LogP contribution in [0.5, 0.6) is 0 Å². The zero-order valence-corrected chi connectivity index (χ0v) is 7.18. The van der Waals surface area contributed by atoms with E-state index in [-0.39, 0.29) is 0 Å². The average molecular weight is 160 g/mol. The molecule has 3 nitrogen and oxygen atoms in total. The number of piperidine rings is 1. The normalized spacial score (nSPS) is 32.2. The molecule has 1 aliphatic rings. The Hall–Kier alpha value is -0.120. The van der Waals surface area contributed by atoms with Crippen molar-refractivity contribution < 1.29 is 15.7 Å². The molecule has 2 atom stereocenters. The van der Waals surface area contributed by atoms with Crippen molar-refractivity contribution in [3.63, 3.8) is 0 Å². The van der Waals surface area contributed by atoms with Gasteiger partial charge in [0.15, 0.2) is 0 Å². The number of aliphatic hydroxyl groups is 1. The van der Waals surface area contributed by atoms with E-state index in [1.54, 1.807) is 4.90 Å². The van der Waals surface area contributed by atoms with Crippen LogP contribution < -0.4 is 10.6 Å². The van der Waals surface area contributed by atoms with Crippen LogP contribution in [0, 0.1) is 5.92 Å². The second kappa shape index (κ2) is 4.70. The first-order valence-electron chi connectivity index (χ1n) is 4.60. The van der Waals surface area contributed by atoms with Gasteiger partial charge in [-0.05, 0) is 12.8 Å². The highest BCUT2D eigenvalue weighted by molar-refractivity contribution is 4.58. The second-order valence-corrected chi connectivity index (χ2v) is 3.47. The molecule has 0 amide bonds. The minimum absolute atomic E-state index is 0.333. The van der Waals surface area contributed by atoms with E-state index in [4.69, 9.17) is 5.11 Å². The van der Waals surface area contributed by atoms with E-state index in [2.05, 4.69) is 5.73 Å². The third-order valence-corrected chi connectivity index (χ3v) is 2.59. The minimum Gasteiger partial charge on any atom is -0.391 e. The number of aliphatic hydroxyl groups excluding tert-OH is 1. The van der Waals surface area contributed by atoms with Gasteiger partial charge in [-0.25, -0.2) is 0 Å². The molecule has 1 fully saturated rings. The summed E-state index contributed by atoms with van der Waals surface area (Å²) in [6.45, 7) is 4.80. The van der Waals surface area contributed by atoms with Crippen molar-refractivity contribution in [1.82, 2.24) is 0 Å². The van der Waals surface area contributed by atoms with Crippen molar-refractivity contribution in [2.75, 3.05) is 32.8 Å². The summed E-state index contributed by atoms with van der Waals surface area (Å²) < 4.78 is 0. The molecule has 5 N–H and O–H groups in total. The van der Waals surface area contributed by atoms with E-state index < -0.39 is 0 Å². The molecule has 0 saturated carbocycles. The molecule has 0 radical (unpaired) electrons. The average Bonchev–Trinajstić information content (AvgIpc) is 2.06. The Morgan fingerprint density at radius 2 is 2.36 bits per heavy atom. The largest absolute Gasteiger partial charge is 0.391 e. The summed E-state index contributed by atoms with van der Waals surface area (Å²) >= 11 is 0. The number of rotatable bonds is 3. The van der Waals surface area contributed by atoms with Crippen LogP contribution >= 0.6 is 0 Å². The third kappa shape index (κ3) is 2.77. The molecule has 0 bridgehead atoms. The molecular weight excluding hydrogens is 140 g/mol. The van der Waals surface area contributed by atoms with Crippen LogP contribution in [0.4, 0.5) is 0 Å². The van der Waals surface area contributed by atoms with E-state index in [1.807, 2.05) is 0 Å². The molecule has 3 heteroatoms. The summed E-state index contributed by atoms with van der Waals surface area (Å²) in [5.74, 6) is 0.810. The number of quaternary nitrogens is 2. The summed E-state index contributed by atoms with van der Waals surface area (Å²) in [7, 11) is 0. The fourth-order valence-electron chi connectivity index (χ4n) is 1.88. The van der Waals surface area contributed by atoms with Gasteiger partial charge in [-0.1, -0.05) is 0 Å². The third-order valence-electron chi connectivity index (χ3n) is 2.59. The highest BCUT2D eigenvalue weighted by Gasteiger charge is 2.22. The van der Waals surface area contributed by atoms with Crippen molar-refractivity contribution in [2.24, 2.45) is 5.92 Å². The topological polar surface area (TPSA) is 52.3 Å². The molecule has 1 unspecified atom stereocenters. The lowest BCUT2D eigenvalue weighted by molar-refractivity contribution is -0.909. The summed E-state index contributed by atoms with van der Waals surface area (Å²) in [6.07, 6.45) is 2.66. The predicted molar refractivity (Wildman–Crippen MR) is 43.1 cm³/mol. The Balaban J connectivity index is 2.21. The van der Waals surface area contributed by atoms with Gasteiger partial charge in [0.05, 0.1) is 32.2 Å². The van der Waals surface area contributed by atoms with Crippen LogP contribution in [0.1, 0.15) is 12.8 Å². The van der Waals surface area contributed by atoms with Gasteiger partial charge in [-0.15, -0.1) is 0 Å². The molecule has 66 valence electrons. The molecule has 1 aliphatic heterocycles. The van der Waals surface area contributed by atoms with E-state index in [9.17, 15) is 0 Å². The van der Waals surface area contributed by atoms with Crippen LogP contribution in [0.15, 0.2) is 0 Å². The summed E-state index contributed by atoms with van der Waals surface area (Å²) in [6, 6.07) is 0. The van der Waals surface area contributed by atoms with E-state index in [0.717, 1.165) is 19.0 Å². The number of hydrogen-bond donors (Lipinski definition) is 3. The maximum absolute atomic E-state index is 8.74. The van der Waals surface area contributed by atoms with Crippen molar-refractivity contribution in [3.8, 4) is 0 Å². The molecular formula is C8H20N2O+2. The second-order valence-electron chi connectivity index (χ2n) is 3.47. The SMILES string of the molecule is [NH3+]C[C@H]1CCC[NH+](CCO)C1. The van der Waals surface area contributed by atoms with E-state index >= 15 is 0 Å². The summed E-state index contributed by atoms with van der Waals surface area (Å²) in [5.41, 5.74) is 3.93. The zero-order chi connectivity index (χ0) is 8.10. The first kappa shape index (κ1) is 8.97. The van der Waals surface area contributed by atoms with Gasteiger partial charge in [0.25, 0.3) is 0 Å². The van der Waals surface area contributed by atoms with Crippen LogP contribution in [-0.4, -0.2) is 37.9 Å². The standard InChI is InChI=1S/C8H18N2O/c9-6-8-2-1-3-10(7-8)4-5-11/h8,11H,1-7,9H2/p+2/t8-/m1/s1. The molecule has 0 spiro atoms. The van der Waals surface area contributed by atoms with Crippen molar-refractivity contribution >= 4 is 0 Å². The molecule has 0 aromatic heterocycles. The Morgan fingerprint density at radius 3 is 3.00 bits per heavy atom. The van der Waals surface area contributed by atoms with Crippen LogP contribution in [0.3, 0.4) is 0 Å². The summed E-state index contributed by atoms with van der Waals surface area (Å²) in [4.78, 5) is 1.56. The number of likely N-dealkylation sites (tertiary alicyclic amines) is 1. The molecule has 11 heavy (non-hydrogen) atoms. The lowest BCUT2D eigenvalue weighted by atomic mass is 9.98. The number of hydrogen-bond acceptors (Lipinski definition) is 1. The van der Waals surface area contributed by atoms with E-state index in [1.165, 1.54) is 25.9 Å². The molecule has 0 aliphatic carbocycles. The van der Waals surface area contributed by atoms with Crippen LogP contribution in [0.2, 0.25) is 0 Å². The first-order valence-corrected chi connectivity index (χ1v) is 4.60. The Bertz CT molecular complexity index is 106. The fourth-order valence-corrected chi connectivity index (χ4v) is 1.88. The molecule has 0 aromatic rings.